The van der Waals surface area contributed by atoms with E-state index in [1.165, 1.54) is 18.2 Å². The summed E-state index contributed by atoms with van der Waals surface area (Å²) in [5, 5.41) is 11.5. The van der Waals surface area contributed by atoms with Crippen LogP contribution < -0.4 is 5.32 Å². The lowest BCUT2D eigenvalue weighted by Crippen LogP contribution is -2.49. The molecule has 0 saturated carbocycles. The van der Waals surface area contributed by atoms with Gasteiger partial charge in [0.2, 0.25) is 0 Å². The molecular weight excluding hydrogens is 291 g/mol. The van der Waals surface area contributed by atoms with Gasteiger partial charge in [0.25, 0.3) is 0 Å². The van der Waals surface area contributed by atoms with Crippen molar-refractivity contribution in [3.8, 4) is 5.75 Å². The maximum absolute atomic E-state index is 13.5. The zero-order chi connectivity index (χ0) is 12.6. The number of ether oxygens (including phenoxy) is 1. The number of nitrogens with one attached hydrogen (secondary N) is 1. The minimum atomic E-state index is -3.31. The molecule has 0 unspecified atom stereocenters. The summed E-state index contributed by atoms with van der Waals surface area (Å²) in [6, 6.07) is 2.39. The monoisotopic (exact) mass is 299 g/mol. The van der Waals surface area contributed by atoms with Crippen LogP contribution in [0.3, 0.4) is 0 Å². The van der Waals surface area contributed by atoms with Crippen molar-refractivity contribution in [1.29, 1.82) is 0 Å². The first-order chi connectivity index (χ1) is 7.92. The van der Waals surface area contributed by atoms with Crippen molar-refractivity contribution < 1.29 is 23.4 Å². The molecule has 4 nitrogen and oxygen atoms in total. The maximum atomic E-state index is 13.5. The highest BCUT2D eigenvalue weighted by molar-refractivity contribution is 6.32. The second-order valence-corrected chi connectivity index (χ2v) is 4.00. The Hall–Kier alpha value is -1.27. The molecule has 0 bridgehead atoms. The summed E-state index contributed by atoms with van der Waals surface area (Å²) in [4.78, 5) is 10.9. The van der Waals surface area contributed by atoms with E-state index in [9.17, 15) is 18.7 Å². The van der Waals surface area contributed by atoms with E-state index in [0.717, 1.165) is 0 Å². The van der Waals surface area contributed by atoms with Crippen LogP contribution in [-0.2, 0) is 4.74 Å². The number of phenolic OH excluding ortho intramolecular Hbond substituents is 1. The number of halogens is 4. The van der Waals surface area contributed by atoms with Gasteiger partial charge in [-0.2, -0.15) is 0 Å². The number of benzene rings is 1. The van der Waals surface area contributed by atoms with E-state index < -0.39 is 30.4 Å². The van der Waals surface area contributed by atoms with Crippen molar-refractivity contribution in [2.75, 3.05) is 6.61 Å². The third-order valence-electron chi connectivity index (χ3n) is 2.41. The van der Waals surface area contributed by atoms with Gasteiger partial charge in [0.1, 0.15) is 11.8 Å². The van der Waals surface area contributed by atoms with Crippen molar-refractivity contribution in [3.05, 3.63) is 28.8 Å². The van der Waals surface area contributed by atoms with Crippen LogP contribution in [0, 0.1) is 0 Å². The molecule has 0 spiro atoms. The number of amides is 1. The highest BCUT2D eigenvalue weighted by Gasteiger charge is 2.47. The minimum absolute atomic E-state index is 0. The van der Waals surface area contributed by atoms with E-state index >= 15 is 0 Å². The minimum Gasteiger partial charge on any atom is -0.506 e. The molecule has 2 rings (SSSR count). The lowest BCUT2D eigenvalue weighted by atomic mass is 9.99. The number of rotatable bonds is 1. The number of hydrogen-bond donors (Lipinski definition) is 2. The van der Waals surface area contributed by atoms with Crippen molar-refractivity contribution in [2.24, 2.45) is 0 Å². The van der Waals surface area contributed by atoms with Crippen molar-refractivity contribution >= 4 is 30.1 Å². The highest BCUT2D eigenvalue weighted by Crippen LogP contribution is 2.40. The number of phenols is 1. The number of alkyl carbamates (subject to hydrolysis) is 1. The Balaban J connectivity index is 0.00000162. The predicted octanol–water partition coefficient (Wildman–Crippen LogP) is 2.88. The predicted molar refractivity (Wildman–Crippen MR) is 62.5 cm³/mol. The SMILES string of the molecule is Cl.O=C1N[C@@H](c2cccc(Cl)c2O)C(F)(F)CO1. The molecule has 1 aromatic rings. The van der Waals surface area contributed by atoms with Crippen LogP contribution in [0.4, 0.5) is 13.6 Å². The van der Waals surface area contributed by atoms with Crippen molar-refractivity contribution in [3.63, 3.8) is 0 Å². The quantitative estimate of drug-likeness (QED) is 0.838. The molecule has 18 heavy (non-hydrogen) atoms. The van der Waals surface area contributed by atoms with Crippen LogP contribution in [0.1, 0.15) is 11.6 Å². The lowest BCUT2D eigenvalue weighted by molar-refractivity contribution is -0.104. The zero-order valence-electron chi connectivity index (χ0n) is 8.82. The van der Waals surface area contributed by atoms with Gasteiger partial charge < -0.3 is 15.2 Å². The molecule has 0 aliphatic carbocycles. The molecule has 1 amide bonds. The summed E-state index contributed by atoms with van der Waals surface area (Å²) >= 11 is 5.62. The maximum Gasteiger partial charge on any atom is 0.408 e. The second kappa shape index (κ2) is 5.16. The van der Waals surface area contributed by atoms with Gasteiger partial charge in [-0.3, -0.25) is 0 Å². The van der Waals surface area contributed by atoms with Gasteiger partial charge in [-0.15, -0.1) is 12.4 Å². The fourth-order valence-electron chi connectivity index (χ4n) is 1.58. The fourth-order valence-corrected chi connectivity index (χ4v) is 1.76. The van der Waals surface area contributed by atoms with Crippen LogP contribution in [0.2, 0.25) is 5.02 Å². The zero-order valence-corrected chi connectivity index (χ0v) is 10.4. The first-order valence-electron chi connectivity index (χ1n) is 4.70. The van der Waals surface area contributed by atoms with Gasteiger partial charge in [0, 0.05) is 5.56 Å². The molecule has 1 aromatic carbocycles. The molecule has 0 aromatic heterocycles. The van der Waals surface area contributed by atoms with E-state index in [1.54, 1.807) is 0 Å². The van der Waals surface area contributed by atoms with Gasteiger partial charge in [0.05, 0.1) is 5.02 Å². The van der Waals surface area contributed by atoms with Crippen LogP contribution in [0.5, 0.6) is 5.75 Å². The van der Waals surface area contributed by atoms with E-state index in [-0.39, 0.29) is 23.0 Å². The topological polar surface area (TPSA) is 58.6 Å². The largest absolute Gasteiger partial charge is 0.506 e. The van der Waals surface area contributed by atoms with Gasteiger partial charge in [-0.1, -0.05) is 23.7 Å². The van der Waals surface area contributed by atoms with Crippen LogP contribution in [0.25, 0.3) is 0 Å². The Kier molecular flexibility index (Phi) is 4.24. The molecule has 100 valence electrons. The molecule has 1 aliphatic heterocycles. The number of carbonyl (C=O) groups excluding carboxylic acids is 1. The Bertz CT molecular complexity index is 470. The van der Waals surface area contributed by atoms with Gasteiger partial charge in [-0.25, -0.2) is 13.6 Å². The van der Waals surface area contributed by atoms with Crippen LogP contribution in [0.15, 0.2) is 18.2 Å². The van der Waals surface area contributed by atoms with Crippen LogP contribution in [-0.4, -0.2) is 23.7 Å². The smallest absolute Gasteiger partial charge is 0.408 e. The van der Waals surface area contributed by atoms with Crippen molar-refractivity contribution in [1.82, 2.24) is 5.32 Å². The molecule has 2 N–H and O–H groups in total. The Morgan fingerprint density at radius 3 is 2.83 bits per heavy atom. The van der Waals surface area contributed by atoms with Gasteiger partial charge >= 0.3 is 12.0 Å². The van der Waals surface area contributed by atoms with Crippen molar-refractivity contribution in [2.45, 2.75) is 12.0 Å². The summed E-state index contributed by atoms with van der Waals surface area (Å²) in [6.07, 6.45) is -0.958. The van der Waals surface area contributed by atoms with E-state index in [4.69, 9.17) is 11.6 Å². The standard InChI is InChI=1S/C10H8ClF2NO3.ClH/c11-6-3-1-2-5(7(6)15)8-10(12,13)4-17-9(16)14-8;/h1-3,8,15H,4H2,(H,14,16);1H/t8-;/m0./s1. The normalized spacial score (nSPS) is 21.5. The summed E-state index contributed by atoms with van der Waals surface area (Å²) < 4.78 is 31.3. The van der Waals surface area contributed by atoms with E-state index in [2.05, 4.69) is 4.74 Å². The average Bonchev–Trinajstić information content (AvgIpc) is 2.26. The number of cyclic esters (lactones) is 1. The fraction of sp³-hybridized carbons (Fsp3) is 0.300. The molecule has 8 heteroatoms. The Morgan fingerprint density at radius 2 is 2.17 bits per heavy atom. The van der Waals surface area contributed by atoms with E-state index in [0.29, 0.717) is 0 Å². The molecular formula is C10H9Cl2F2NO3. The number of aromatic hydroxyl groups is 1. The summed E-state index contributed by atoms with van der Waals surface area (Å²) in [5.41, 5.74) is -0.140. The molecule has 0 radical (unpaired) electrons. The summed E-state index contributed by atoms with van der Waals surface area (Å²) in [7, 11) is 0. The number of carbonyl (C=O) groups is 1. The van der Waals surface area contributed by atoms with E-state index in [1.807, 2.05) is 5.32 Å². The first-order valence-corrected chi connectivity index (χ1v) is 5.08. The first kappa shape index (κ1) is 14.8. The van der Waals surface area contributed by atoms with Crippen LogP contribution >= 0.6 is 24.0 Å². The Morgan fingerprint density at radius 1 is 1.50 bits per heavy atom. The Labute approximate surface area is 112 Å². The third-order valence-corrected chi connectivity index (χ3v) is 2.71. The number of hydrogen-bond acceptors (Lipinski definition) is 3. The molecule has 1 heterocycles. The molecule has 1 saturated heterocycles. The molecule has 1 aliphatic rings. The number of para-hydroxylation sites is 1. The molecule has 1 atom stereocenters. The third kappa shape index (κ3) is 2.59. The second-order valence-electron chi connectivity index (χ2n) is 3.59. The summed E-state index contributed by atoms with van der Waals surface area (Å²) in [6.45, 7) is -1.03. The average molecular weight is 300 g/mol. The number of alkyl halides is 2. The van der Waals surface area contributed by atoms with Gasteiger partial charge in [0.15, 0.2) is 6.61 Å². The lowest BCUT2D eigenvalue weighted by Gasteiger charge is -2.32. The summed E-state index contributed by atoms with van der Waals surface area (Å²) in [5.74, 6) is -3.78. The molecule has 1 fully saturated rings. The highest BCUT2D eigenvalue weighted by atomic mass is 35.5. The van der Waals surface area contributed by atoms with Gasteiger partial charge in [-0.05, 0) is 6.07 Å².